The zero-order valence-corrected chi connectivity index (χ0v) is 18.1. The number of hydrogen-bond donors (Lipinski definition) is 0. The molecule has 5 heteroatoms. The summed E-state index contributed by atoms with van der Waals surface area (Å²) in [6.07, 6.45) is 2.04. The molecular weight excluding hydrogens is 376 g/mol. The van der Waals surface area contributed by atoms with Crippen molar-refractivity contribution < 1.29 is 14.3 Å². The van der Waals surface area contributed by atoms with Crippen LogP contribution in [0.1, 0.15) is 36.5 Å². The topological polar surface area (TPSA) is 49.9 Å². The van der Waals surface area contributed by atoms with Gasteiger partial charge in [-0.2, -0.15) is 0 Å². The van der Waals surface area contributed by atoms with E-state index in [2.05, 4.69) is 11.8 Å². The van der Waals surface area contributed by atoms with Crippen LogP contribution in [0.2, 0.25) is 0 Å². The third kappa shape index (κ3) is 3.38. The molecule has 0 radical (unpaired) electrons. The first-order valence-electron chi connectivity index (χ1n) is 10.5. The van der Waals surface area contributed by atoms with E-state index in [1.165, 1.54) is 4.90 Å². The number of likely N-dealkylation sites (tertiary alicyclic amines) is 1. The number of hydrogen-bond acceptors (Lipinski definition) is 4. The van der Waals surface area contributed by atoms with E-state index in [9.17, 15) is 9.59 Å². The van der Waals surface area contributed by atoms with E-state index < -0.39 is 0 Å². The van der Waals surface area contributed by atoms with Crippen LogP contribution in [0.5, 0.6) is 5.75 Å². The Hall–Kier alpha value is -3.08. The molecule has 2 aliphatic rings. The molecule has 0 unspecified atom stereocenters. The van der Waals surface area contributed by atoms with Crippen molar-refractivity contribution in [3.63, 3.8) is 0 Å². The second-order valence-corrected chi connectivity index (χ2v) is 8.29. The summed E-state index contributed by atoms with van der Waals surface area (Å²) >= 11 is 0. The maximum atomic E-state index is 13.6. The smallest absolute Gasteiger partial charge is 0.282 e. The van der Waals surface area contributed by atoms with Crippen molar-refractivity contribution in [2.45, 2.75) is 33.6 Å². The van der Waals surface area contributed by atoms with Gasteiger partial charge >= 0.3 is 0 Å². The number of methoxy groups -OCH3 is 1. The Balaban J connectivity index is 1.82. The molecule has 1 saturated heterocycles. The van der Waals surface area contributed by atoms with Gasteiger partial charge in [0.05, 0.1) is 18.4 Å². The molecule has 30 heavy (non-hydrogen) atoms. The van der Waals surface area contributed by atoms with Crippen LogP contribution in [0, 0.1) is 19.8 Å². The van der Waals surface area contributed by atoms with Crippen LogP contribution in [0.3, 0.4) is 0 Å². The molecule has 0 N–H and O–H groups in total. The molecule has 1 fully saturated rings. The number of aryl methyl sites for hydroxylation is 1. The summed E-state index contributed by atoms with van der Waals surface area (Å²) in [5.74, 6) is 0.867. The largest absolute Gasteiger partial charge is 0.497 e. The zero-order valence-electron chi connectivity index (χ0n) is 18.1. The van der Waals surface area contributed by atoms with Crippen molar-refractivity contribution in [3.8, 4) is 5.75 Å². The monoisotopic (exact) mass is 404 g/mol. The Morgan fingerprint density at radius 1 is 0.933 bits per heavy atom. The fourth-order valence-corrected chi connectivity index (χ4v) is 4.26. The second-order valence-electron chi connectivity index (χ2n) is 8.29. The lowest BCUT2D eigenvalue weighted by Gasteiger charge is -2.32. The van der Waals surface area contributed by atoms with Gasteiger partial charge in [-0.05, 0) is 67.5 Å². The summed E-state index contributed by atoms with van der Waals surface area (Å²) in [6, 6.07) is 13.1. The van der Waals surface area contributed by atoms with Gasteiger partial charge in [0.15, 0.2) is 0 Å². The third-order valence-electron chi connectivity index (χ3n) is 6.35. The number of benzene rings is 2. The molecule has 0 spiro atoms. The predicted octanol–water partition coefficient (Wildman–Crippen LogP) is 4.33. The summed E-state index contributed by atoms with van der Waals surface area (Å²) in [5, 5.41) is 0. The van der Waals surface area contributed by atoms with Gasteiger partial charge in [0, 0.05) is 13.1 Å². The van der Waals surface area contributed by atoms with Crippen molar-refractivity contribution >= 4 is 23.1 Å². The second kappa shape index (κ2) is 7.98. The summed E-state index contributed by atoms with van der Waals surface area (Å²) < 4.78 is 5.27. The van der Waals surface area contributed by atoms with Crippen LogP contribution in [0.4, 0.5) is 5.69 Å². The minimum Gasteiger partial charge on any atom is -0.497 e. The first-order valence-corrected chi connectivity index (χ1v) is 10.5. The Labute approximate surface area is 177 Å². The molecule has 2 aromatic rings. The fraction of sp³-hybridized carbons (Fsp3) is 0.360. The highest BCUT2D eigenvalue weighted by Gasteiger charge is 2.43. The molecule has 0 atom stereocenters. The van der Waals surface area contributed by atoms with Gasteiger partial charge in [0.1, 0.15) is 11.4 Å². The fourth-order valence-electron chi connectivity index (χ4n) is 4.26. The Morgan fingerprint density at radius 2 is 1.60 bits per heavy atom. The van der Waals surface area contributed by atoms with E-state index >= 15 is 0 Å². The lowest BCUT2D eigenvalue weighted by Crippen LogP contribution is -2.38. The van der Waals surface area contributed by atoms with Crippen molar-refractivity contribution in [2.24, 2.45) is 5.92 Å². The highest BCUT2D eigenvalue weighted by atomic mass is 16.5. The molecule has 2 amide bonds. The first-order chi connectivity index (χ1) is 14.4. The lowest BCUT2D eigenvalue weighted by atomic mass is 9.97. The highest BCUT2D eigenvalue weighted by Crippen LogP contribution is 2.38. The van der Waals surface area contributed by atoms with Crippen LogP contribution in [-0.4, -0.2) is 36.9 Å². The van der Waals surface area contributed by atoms with E-state index in [1.807, 2.05) is 56.3 Å². The summed E-state index contributed by atoms with van der Waals surface area (Å²) in [6.45, 7) is 7.76. The van der Waals surface area contributed by atoms with Crippen molar-refractivity contribution in [2.75, 3.05) is 25.1 Å². The van der Waals surface area contributed by atoms with Crippen LogP contribution in [-0.2, 0) is 9.59 Å². The quantitative estimate of drug-likeness (QED) is 0.712. The van der Waals surface area contributed by atoms with Gasteiger partial charge in [-0.3, -0.25) is 9.59 Å². The summed E-state index contributed by atoms with van der Waals surface area (Å²) in [5.41, 5.74) is 4.42. The number of piperidine rings is 1. The third-order valence-corrected chi connectivity index (χ3v) is 6.35. The standard InChI is InChI=1S/C25H28N2O3/c1-16-12-14-26(15-13-16)23-22(19-8-10-20(30-4)11-9-19)24(28)27(25(23)29)21-7-5-6-17(2)18(21)3/h5-11,16H,12-15H2,1-4H3. The molecule has 0 aliphatic carbocycles. The number of rotatable bonds is 4. The van der Waals surface area contributed by atoms with Crippen LogP contribution in [0.25, 0.3) is 5.57 Å². The van der Waals surface area contributed by atoms with Gasteiger partial charge in [0.2, 0.25) is 0 Å². The molecule has 0 bridgehead atoms. The molecule has 156 valence electrons. The van der Waals surface area contributed by atoms with Crippen LogP contribution < -0.4 is 9.64 Å². The SMILES string of the molecule is COc1ccc(C2=C(N3CCC(C)CC3)C(=O)N(c3cccc(C)c3C)C2=O)cc1. The molecule has 5 nitrogen and oxygen atoms in total. The minimum absolute atomic E-state index is 0.228. The maximum Gasteiger partial charge on any atom is 0.282 e. The number of ether oxygens (including phenoxy) is 1. The molecule has 0 saturated carbocycles. The van der Waals surface area contributed by atoms with E-state index in [-0.39, 0.29) is 11.8 Å². The molecule has 2 aromatic carbocycles. The lowest BCUT2D eigenvalue weighted by molar-refractivity contribution is -0.120. The highest BCUT2D eigenvalue weighted by molar-refractivity contribution is 6.45. The Morgan fingerprint density at radius 3 is 2.23 bits per heavy atom. The Bertz CT molecular complexity index is 1020. The normalized spacial score (nSPS) is 17.9. The van der Waals surface area contributed by atoms with Gasteiger partial charge < -0.3 is 9.64 Å². The van der Waals surface area contributed by atoms with Crippen molar-refractivity contribution in [1.29, 1.82) is 0 Å². The van der Waals surface area contributed by atoms with Crippen molar-refractivity contribution in [1.82, 2.24) is 4.90 Å². The zero-order chi connectivity index (χ0) is 21.4. The first kappa shape index (κ1) is 20.2. The van der Waals surface area contributed by atoms with Gasteiger partial charge in [-0.1, -0.05) is 31.2 Å². The van der Waals surface area contributed by atoms with Gasteiger partial charge in [-0.15, -0.1) is 0 Å². The molecule has 2 heterocycles. The van der Waals surface area contributed by atoms with Crippen molar-refractivity contribution in [3.05, 3.63) is 64.9 Å². The number of carbonyl (C=O) groups is 2. The van der Waals surface area contributed by atoms with Gasteiger partial charge in [0.25, 0.3) is 11.8 Å². The summed E-state index contributed by atoms with van der Waals surface area (Å²) in [4.78, 5) is 30.7. The number of carbonyl (C=O) groups excluding carboxylic acids is 2. The van der Waals surface area contributed by atoms with Crippen LogP contribution in [0.15, 0.2) is 48.2 Å². The Kier molecular flexibility index (Phi) is 5.37. The molecule has 4 rings (SSSR count). The minimum atomic E-state index is -0.257. The average molecular weight is 405 g/mol. The predicted molar refractivity (Wildman–Crippen MR) is 118 cm³/mol. The van der Waals surface area contributed by atoms with E-state index in [4.69, 9.17) is 4.74 Å². The molecule has 2 aliphatic heterocycles. The molecule has 0 aromatic heterocycles. The maximum absolute atomic E-state index is 13.6. The number of imide groups is 1. The average Bonchev–Trinajstić information content (AvgIpc) is 3.01. The van der Waals surface area contributed by atoms with Crippen LogP contribution >= 0.6 is 0 Å². The number of nitrogens with zero attached hydrogens (tertiary/aromatic N) is 2. The van der Waals surface area contributed by atoms with Gasteiger partial charge in [-0.25, -0.2) is 4.90 Å². The van der Waals surface area contributed by atoms with E-state index in [0.29, 0.717) is 22.9 Å². The van der Waals surface area contributed by atoms with E-state index in [1.54, 1.807) is 7.11 Å². The number of amides is 2. The molecular formula is C25H28N2O3. The number of anilines is 1. The summed E-state index contributed by atoms with van der Waals surface area (Å²) in [7, 11) is 1.61. The van der Waals surface area contributed by atoms with E-state index in [0.717, 1.165) is 48.4 Å².